The summed E-state index contributed by atoms with van der Waals surface area (Å²) in [6.45, 7) is 2.81. The Labute approximate surface area is 107 Å². The number of rotatable bonds is 5. The minimum absolute atomic E-state index is 0.359. The van der Waals surface area contributed by atoms with Crippen molar-refractivity contribution in [3.8, 4) is 12.3 Å². The molecule has 0 amide bonds. The van der Waals surface area contributed by atoms with Crippen LogP contribution in [0, 0.1) is 12.3 Å². The van der Waals surface area contributed by atoms with Gasteiger partial charge in [-0.2, -0.15) is 0 Å². The van der Waals surface area contributed by atoms with Crippen LogP contribution in [0.1, 0.15) is 25.5 Å². The molecule has 1 unspecified atom stereocenters. The van der Waals surface area contributed by atoms with Crippen molar-refractivity contribution in [3.05, 3.63) is 21.0 Å². The first-order chi connectivity index (χ1) is 7.17. The molecule has 0 aromatic carbocycles. The van der Waals surface area contributed by atoms with Crippen molar-refractivity contribution in [3.63, 3.8) is 0 Å². The first kappa shape index (κ1) is 12.8. The maximum absolute atomic E-state index is 5.44. The Kier molecular flexibility index (Phi) is 5.44. The van der Waals surface area contributed by atoms with Gasteiger partial charge in [0.15, 0.2) is 4.67 Å². The molecule has 1 aromatic rings. The first-order valence-electron chi connectivity index (χ1n) is 4.78. The smallest absolute Gasteiger partial charge is 0.183 e. The number of hydrogen-bond donors (Lipinski definition) is 1. The van der Waals surface area contributed by atoms with Gasteiger partial charge in [0.05, 0.1) is 11.0 Å². The van der Waals surface area contributed by atoms with Gasteiger partial charge in [-0.1, -0.05) is 6.92 Å². The van der Waals surface area contributed by atoms with Crippen molar-refractivity contribution >= 4 is 31.9 Å². The van der Waals surface area contributed by atoms with Crippen LogP contribution in [0.5, 0.6) is 0 Å². The fourth-order valence-electron chi connectivity index (χ4n) is 1.23. The molecule has 0 fully saturated rings. The van der Waals surface area contributed by atoms with E-state index in [0.717, 1.165) is 27.7 Å². The number of hydrogen-bond acceptors (Lipinski definition) is 2. The van der Waals surface area contributed by atoms with Crippen LogP contribution in [0.25, 0.3) is 0 Å². The molecule has 1 aromatic heterocycles. The molecule has 0 aliphatic rings. The molecule has 2 nitrogen and oxygen atoms in total. The second-order valence-electron chi connectivity index (χ2n) is 3.23. The van der Waals surface area contributed by atoms with E-state index < -0.39 is 0 Å². The monoisotopic (exact) mass is 333 g/mol. The van der Waals surface area contributed by atoms with Gasteiger partial charge in [0.25, 0.3) is 0 Å². The summed E-state index contributed by atoms with van der Waals surface area (Å²) in [5, 5.41) is 3.35. The van der Waals surface area contributed by atoms with Crippen LogP contribution in [0.15, 0.2) is 19.6 Å². The Bertz CT molecular complexity index is 334. The second kappa shape index (κ2) is 6.37. The largest absolute Gasteiger partial charge is 0.452 e. The summed E-state index contributed by atoms with van der Waals surface area (Å²) < 4.78 is 7.10. The normalized spacial score (nSPS) is 12.4. The standard InChI is InChI=1S/C11H13Br2NO/c1-3-5-8(4-2)14-7-9-6-10(12)11(13)15-9/h1,6,8,14H,4-5,7H2,2H3. The Balaban J connectivity index is 2.46. The van der Waals surface area contributed by atoms with Crippen LogP contribution >= 0.6 is 31.9 Å². The summed E-state index contributed by atoms with van der Waals surface area (Å²) in [4.78, 5) is 0. The topological polar surface area (TPSA) is 25.2 Å². The minimum Gasteiger partial charge on any atom is -0.452 e. The molecule has 15 heavy (non-hydrogen) atoms. The fraction of sp³-hybridized carbons (Fsp3) is 0.455. The van der Waals surface area contributed by atoms with Crippen molar-refractivity contribution in [2.24, 2.45) is 0 Å². The highest BCUT2D eigenvalue weighted by Gasteiger charge is 2.08. The summed E-state index contributed by atoms with van der Waals surface area (Å²) in [6, 6.07) is 2.30. The van der Waals surface area contributed by atoms with E-state index in [1.807, 2.05) is 6.07 Å². The highest BCUT2D eigenvalue weighted by Crippen LogP contribution is 2.26. The molecule has 4 heteroatoms. The quantitative estimate of drug-likeness (QED) is 0.831. The van der Waals surface area contributed by atoms with E-state index >= 15 is 0 Å². The summed E-state index contributed by atoms with van der Waals surface area (Å²) >= 11 is 6.67. The lowest BCUT2D eigenvalue weighted by atomic mass is 10.1. The molecule has 0 radical (unpaired) electrons. The average Bonchev–Trinajstić information content (AvgIpc) is 2.53. The molecule has 0 aliphatic carbocycles. The van der Waals surface area contributed by atoms with Gasteiger partial charge in [-0.05, 0) is 44.3 Å². The van der Waals surface area contributed by atoms with Gasteiger partial charge in [0.1, 0.15) is 5.76 Å². The molecule has 1 heterocycles. The predicted octanol–water partition coefficient (Wildman–Crippen LogP) is 3.70. The lowest BCUT2D eigenvalue weighted by molar-refractivity contribution is 0.429. The maximum Gasteiger partial charge on any atom is 0.183 e. The van der Waals surface area contributed by atoms with Gasteiger partial charge in [-0.15, -0.1) is 12.3 Å². The molecule has 0 spiro atoms. The summed E-state index contributed by atoms with van der Waals surface area (Å²) in [7, 11) is 0. The predicted molar refractivity (Wildman–Crippen MR) is 68.5 cm³/mol. The van der Waals surface area contributed by atoms with Crippen LogP contribution in [0.3, 0.4) is 0 Å². The van der Waals surface area contributed by atoms with E-state index in [0.29, 0.717) is 12.6 Å². The highest BCUT2D eigenvalue weighted by atomic mass is 79.9. The third-order valence-electron chi connectivity index (χ3n) is 2.12. The Morgan fingerprint density at radius 2 is 2.33 bits per heavy atom. The van der Waals surface area contributed by atoms with Crippen LogP contribution in [-0.2, 0) is 6.54 Å². The van der Waals surface area contributed by atoms with Crippen LogP contribution < -0.4 is 5.32 Å². The van der Waals surface area contributed by atoms with Gasteiger partial charge >= 0.3 is 0 Å². The fourth-order valence-corrected chi connectivity index (χ4v) is 1.89. The van der Waals surface area contributed by atoms with E-state index in [-0.39, 0.29) is 0 Å². The minimum atomic E-state index is 0.359. The van der Waals surface area contributed by atoms with Crippen LogP contribution in [0.2, 0.25) is 0 Å². The second-order valence-corrected chi connectivity index (χ2v) is 4.80. The van der Waals surface area contributed by atoms with E-state index in [4.69, 9.17) is 10.8 Å². The molecule has 82 valence electrons. The molecule has 0 bridgehead atoms. The van der Waals surface area contributed by atoms with E-state index in [2.05, 4.69) is 50.0 Å². The van der Waals surface area contributed by atoms with Crippen molar-refractivity contribution < 1.29 is 4.42 Å². The van der Waals surface area contributed by atoms with Gasteiger partial charge < -0.3 is 9.73 Å². The Morgan fingerprint density at radius 1 is 1.60 bits per heavy atom. The molecule has 0 aliphatic heterocycles. The van der Waals surface area contributed by atoms with Gasteiger partial charge in [-0.3, -0.25) is 0 Å². The molecule has 1 atom stereocenters. The zero-order valence-electron chi connectivity index (χ0n) is 8.52. The Hall–Kier alpha value is -0.240. The number of halogens is 2. The third-order valence-corrected chi connectivity index (χ3v) is 3.83. The number of furan rings is 1. The van der Waals surface area contributed by atoms with Crippen molar-refractivity contribution in [2.75, 3.05) is 0 Å². The zero-order chi connectivity index (χ0) is 11.3. The first-order valence-corrected chi connectivity index (χ1v) is 6.36. The molecule has 1 rings (SSSR count). The lowest BCUT2D eigenvalue weighted by Gasteiger charge is -2.12. The summed E-state index contributed by atoms with van der Waals surface area (Å²) in [5.74, 6) is 3.55. The molecular weight excluding hydrogens is 322 g/mol. The lowest BCUT2D eigenvalue weighted by Crippen LogP contribution is -2.27. The molecule has 0 saturated carbocycles. The van der Waals surface area contributed by atoms with Crippen LogP contribution in [0.4, 0.5) is 0 Å². The van der Waals surface area contributed by atoms with Crippen LogP contribution in [-0.4, -0.2) is 6.04 Å². The Morgan fingerprint density at radius 3 is 2.80 bits per heavy atom. The number of nitrogens with one attached hydrogen (secondary N) is 1. The van der Waals surface area contributed by atoms with E-state index in [1.54, 1.807) is 0 Å². The van der Waals surface area contributed by atoms with E-state index in [1.165, 1.54) is 0 Å². The van der Waals surface area contributed by atoms with Crippen molar-refractivity contribution in [2.45, 2.75) is 32.4 Å². The average molecular weight is 335 g/mol. The highest BCUT2D eigenvalue weighted by molar-refractivity contribution is 9.13. The van der Waals surface area contributed by atoms with Crippen molar-refractivity contribution in [1.29, 1.82) is 0 Å². The molecule has 0 saturated heterocycles. The summed E-state index contributed by atoms with van der Waals surface area (Å²) in [5.41, 5.74) is 0. The van der Waals surface area contributed by atoms with Gasteiger partial charge in [0.2, 0.25) is 0 Å². The SMILES string of the molecule is C#CCC(CC)NCc1cc(Br)c(Br)o1. The maximum atomic E-state index is 5.44. The van der Waals surface area contributed by atoms with E-state index in [9.17, 15) is 0 Å². The van der Waals surface area contributed by atoms with Gasteiger partial charge in [0, 0.05) is 12.5 Å². The van der Waals surface area contributed by atoms with Gasteiger partial charge in [-0.25, -0.2) is 0 Å². The summed E-state index contributed by atoms with van der Waals surface area (Å²) in [6.07, 6.45) is 7.04. The zero-order valence-corrected chi connectivity index (χ0v) is 11.7. The number of terminal acetylenes is 1. The third kappa shape index (κ3) is 4.02. The molecule has 1 N–H and O–H groups in total. The molecular formula is C11H13Br2NO. The van der Waals surface area contributed by atoms with Crippen molar-refractivity contribution in [1.82, 2.24) is 5.32 Å².